The molecule has 0 atom stereocenters. The van der Waals surface area contributed by atoms with Crippen molar-refractivity contribution in [2.45, 2.75) is 27.2 Å². The number of aromatic nitrogens is 4. The monoisotopic (exact) mass is 412 g/mol. The van der Waals surface area contributed by atoms with Crippen molar-refractivity contribution < 1.29 is 4.79 Å². The fraction of sp³-hybridized carbons (Fsp3) is 0.167. The Kier molecular flexibility index (Phi) is 5.75. The Labute approximate surface area is 181 Å². The Morgan fingerprint density at radius 1 is 0.903 bits per heavy atom. The first-order chi connectivity index (χ1) is 15.0. The summed E-state index contributed by atoms with van der Waals surface area (Å²) in [7, 11) is 0. The van der Waals surface area contributed by atoms with Crippen LogP contribution in [0.3, 0.4) is 0 Å². The summed E-state index contributed by atoms with van der Waals surface area (Å²) in [4.78, 5) is 12.3. The van der Waals surface area contributed by atoms with Crippen molar-refractivity contribution in [3.05, 3.63) is 89.2 Å². The Morgan fingerprint density at radius 2 is 1.68 bits per heavy atom. The second kappa shape index (κ2) is 8.79. The second-order valence-corrected chi connectivity index (χ2v) is 7.53. The number of nitrogens with zero attached hydrogens (tertiary/aromatic N) is 4. The summed E-state index contributed by atoms with van der Waals surface area (Å²) in [5, 5.41) is 19.0. The van der Waals surface area contributed by atoms with Gasteiger partial charge in [0, 0.05) is 17.1 Å². The van der Waals surface area contributed by atoms with Crippen LogP contribution < -0.4 is 10.6 Å². The first kappa shape index (κ1) is 20.3. The Balaban J connectivity index is 1.36. The summed E-state index contributed by atoms with van der Waals surface area (Å²) in [6.07, 6.45) is 0.346. The van der Waals surface area contributed by atoms with Crippen molar-refractivity contribution in [3.63, 3.8) is 0 Å². The van der Waals surface area contributed by atoms with E-state index in [9.17, 15) is 4.79 Å². The van der Waals surface area contributed by atoms with Gasteiger partial charge in [-0.2, -0.15) is 5.10 Å². The van der Waals surface area contributed by atoms with E-state index in [0.717, 1.165) is 33.9 Å². The van der Waals surface area contributed by atoms with E-state index in [1.165, 1.54) is 0 Å². The molecule has 1 amide bonds. The maximum absolute atomic E-state index is 12.3. The van der Waals surface area contributed by atoms with Crippen molar-refractivity contribution in [1.82, 2.24) is 20.0 Å². The van der Waals surface area contributed by atoms with E-state index in [4.69, 9.17) is 0 Å². The van der Waals surface area contributed by atoms with Gasteiger partial charge in [-0.15, -0.1) is 10.2 Å². The van der Waals surface area contributed by atoms with Gasteiger partial charge >= 0.3 is 0 Å². The lowest BCUT2D eigenvalue weighted by Gasteiger charge is -2.09. The number of hydrogen-bond donors (Lipinski definition) is 2. The minimum atomic E-state index is -0.0445. The lowest BCUT2D eigenvalue weighted by molar-refractivity contribution is -0.115. The molecule has 2 N–H and O–H groups in total. The van der Waals surface area contributed by atoms with E-state index in [0.29, 0.717) is 18.1 Å². The number of carbonyl (C=O) groups excluding carboxylic acids is 1. The van der Waals surface area contributed by atoms with Gasteiger partial charge in [-0.1, -0.05) is 29.8 Å². The molecular formula is C24H24N6O. The number of aryl methyl sites for hydroxylation is 3. The van der Waals surface area contributed by atoms with Crippen LogP contribution in [0.2, 0.25) is 0 Å². The Bertz CT molecular complexity index is 1200. The normalized spacial score (nSPS) is 10.7. The van der Waals surface area contributed by atoms with Gasteiger partial charge < -0.3 is 10.6 Å². The molecule has 4 aromatic rings. The number of amides is 1. The van der Waals surface area contributed by atoms with E-state index in [-0.39, 0.29) is 5.91 Å². The van der Waals surface area contributed by atoms with Gasteiger partial charge in [0.15, 0.2) is 11.6 Å². The van der Waals surface area contributed by atoms with Crippen LogP contribution in [0, 0.1) is 20.8 Å². The molecule has 31 heavy (non-hydrogen) atoms. The minimum Gasteiger partial charge on any atom is -0.339 e. The first-order valence-corrected chi connectivity index (χ1v) is 10.1. The maximum atomic E-state index is 12.3. The predicted octanol–water partition coefficient (Wildman–Crippen LogP) is 4.51. The quantitative estimate of drug-likeness (QED) is 0.487. The molecule has 156 valence electrons. The van der Waals surface area contributed by atoms with E-state index < -0.39 is 0 Å². The average Bonchev–Trinajstić information content (AvgIpc) is 3.08. The second-order valence-electron chi connectivity index (χ2n) is 7.53. The van der Waals surface area contributed by atoms with Crippen molar-refractivity contribution in [1.29, 1.82) is 0 Å². The molecule has 0 fully saturated rings. The van der Waals surface area contributed by atoms with Crippen molar-refractivity contribution in [3.8, 4) is 5.82 Å². The summed E-state index contributed by atoms with van der Waals surface area (Å²) in [5.74, 6) is 1.25. The fourth-order valence-electron chi connectivity index (χ4n) is 3.36. The molecule has 7 nitrogen and oxygen atoms in total. The third-order valence-electron chi connectivity index (χ3n) is 4.77. The topological polar surface area (TPSA) is 84.7 Å². The molecule has 7 heteroatoms. The number of nitrogens with one attached hydrogen (secondary N) is 2. The molecule has 0 bridgehead atoms. The molecule has 0 saturated heterocycles. The van der Waals surface area contributed by atoms with Crippen molar-refractivity contribution in [2.24, 2.45) is 0 Å². The molecule has 0 unspecified atom stereocenters. The SMILES string of the molecule is Cc1cccc(CC(=O)Nc2ccc(Nc3ccc(-n4nc(C)cc4C)nn3)cc2)c1. The molecule has 4 rings (SSSR count). The van der Waals surface area contributed by atoms with Gasteiger partial charge in [0.1, 0.15) is 0 Å². The van der Waals surface area contributed by atoms with Gasteiger partial charge in [0.2, 0.25) is 5.91 Å². The van der Waals surface area contributed by atoms with Crippen LogP contribution in [0.4, 0.5) is 17.2 Å². The molecule has 2 aromatic carbocycles. The van der Waals surface area contributed by atoms with E-state index in [2.05, 4.69) is 25.9 Å². The van der Waals surface area contributed by atoms with Gasteiger partial charge in [0.05, 0.1) is 12.1 Å². The highest BCUT2D eigenvalue weighted by atomic mass is 16.1. The third-order valence-corrected chi connectivity index (χ3v) is 4.77. The van der Waals surface area contributed by atoms with Gasteiger partial charge in [-0.05, 0) is 68.8 Å². The molecular weight excluding hydrogens is 388 g/mol. The predicted molar refractivity (Wildman–Crippen MR) is 122 cm³/mol. The standard InChI is InChI=1S/C24H24N6O/c1-16-5-4-6-19(13-16)15-24(31)26-21-9-7-20(8-10-21)25-22-11-12-23(28-27-22)30-18(3)14-17(2)29-30/h4-14H,15H2,1-3H3,(H,25,27)(H,26,31). The van der Waals surface area contributed by atoms with E-state index in [1.54, 1.807) is 4.68 Å². The number of carbonyl (C=O) groups is 1. The summed E-state index contributed by atoms with van der Waals surface area (Å²) in [5.41, 5.74) is 5.68. The average molecular weight is 412 g/mol. The Hall–Kier alpha value is -4.00. The molecule has 0 radical (unpaired) electrons. The summed E-state index contributed by atoms with van der Waals surface area (Å²) in [6.45, 7) is 5.95. The van der Waals surface area contributed by atoms with Crippen LogP contribution in [-0.4, -0.2) is 25.9 Å². The van der Waals surface area contributed by atoms with Crippen LogP contribution in [-0.2, 0) is 11.2 Å². The molecule has 2 aromatic heterocycles. The van der Waals surface area contributed by atoms with Crippen molar-refractivity contribution >= 4 is 23.1 Å². The smallest absolute Gasteiger partial charge is 0.228 e. The number of hydrogen-bond acceptors (Lipinski definition) is 5. The van der Waals surface area contributed by atoms with Crippen molar-refractivity contribution in [2.75, 3.05) is 10.6 Å². The molecule has 0 spiro atoms. The highest BCUT2D eigenvalue weighted by Gasteiger charge is 2.07. The highest BCUT2D eigenvalue weighted by molar-refractivity contribution is 5.92. The molecule has 0 aliphatic carbocycles. The lowest BCUT2D eigenvalue weighted by Crippen LogP contribution is -2.14. The lowest BCUT2D eigenvalue weighted by atomic mass is 10.1. The minimum absolute atomic E-state index is 0.0445. The summed E-state index contributed by atoms with van der Waals surface area (Å²) < 4.78 is 1.76. The van der Waals surface area contributed by atoms with E-state index in [1.807, 2.05) is 87.5 Å². The molecule has 2 heterocycles. The van der Waals surface area contributed by atoms with Crippen LogP contribution in [0.1, 0.15) is 22.5 Å². The summed E-state index contributed by atoms with van der Waals surface area (Å²) in [6, 6.07) is 21.2. The highest BCUT2D eigenvalue weighted by Crippen LogP contribution is 2.18. The zero-order valence-corrected chi connectivity index (χ0v) is 17.8. The number of anilines is 3. The molecule has 0 saturated carbocycles. The Morgan fingerprint density at radius 3 is 2.32 bits per heavy atom. The zero-order valence-electron chi connectivity index (χ0n) is 17.8. The van der Waals surface area contributed by atoms with Gasteiger partial charge in [-0.3, -0.25) is 4.79 Å². The zero-order chi connectivity index (χ0) is 21.8. The van der Waals surface area contributed by atoms with Gasteiger partial charge in [-0.25, -0.2) is 4.68 Å². The summed E-state index contributed by atoms with van der Waals surface area (Å²) >= 11 is 0. The number of benzene rings is 2. The fourth-order valence-corrected chi connectivity index (χ4v) is 3.36. The van der Waals surface area contributed by atoms with Crippen LogP contribution in [0.25, 0.3) is 5.82 Å². The maximum Gasteiger partial charge on any atom is 0.228 e. The van der Waals surface area contributed by atoms with Crippen LogP contribution in [0.5, 0.6) is 0 Å². The molecule has 0 aliphatic rings. The van der Waals surface area contributed by atoms with E-state index >= 15 is 0 Å². The van der Waals surface area contributed by atoms with Crippen LogP contribution >= 0.6 is 0 Å². The van der Waals surface area contributed by atoms with Crippen LogP contribution in [0.15, 0.2) is 66.7 Å². The molecule has 0 aliphatic heterocycles. The first-order valence-electron chi connectivity index (χ1n) is 10.1. The third kappa shape index (κ3) is 5.14. The largest absolute Gasteiger partial charge is 0.339 e. The number of rotatable bonds is 6. The van der Waals surface area contributed by atoms with Gasteiger partial charge in [0.25, 0.3) is 0 Å².